The number of methoxy groups -OCH3 is 1. The lowest BCUT2D eigenvalue weighted by Gasteiger charge is -2.41. The molecule has 0 aromatic heterocycles. The van der Waals surface area contributed by atoms with E-state index < -0.39 is 29.5 Å². The number of alkyl halides is 3. The summed E-state index contributed by atoms with van der Waals surface area (Å²) in [7, 11) is 1.06. The van der Waals surface area contributed by atoms with Crippen molar-refractivity contribution in [1.29, 1.82) is 0 Å². The Kier molecular flexibility index (Phi) is 5.10. The lowest BCUT2D eigenvalue weighted by Crippen LogP contribution is -2.59. The first kappa shape index (κ1) is 18.8. The van der Waals surface area contributed by atoms with Crippen molar-refractivity contribution >= 4 is 11.9 Å². The Bertz CT molecular complexity index is 689. The van der Waals surface area contributed by atoms with Crippen LogP contribution in [0.4, 0.5) is 13.2 Å². The zero-order valence-electron chi connectivity index (χ0n) is 13.5. The topological polar surface area (TPSA) is 66.8 Å². The number of amides is 1. The maximum Gasteiger partial charge on any atom is 0.471 e. The summed E-state index contributed by atoms with van der Waals surface area (Å²) in [6.07, 6.45) is -3.62. The van der Waals surface area contributed by atoms with Gasteiger partial charge in [-0.05, 0) is 30.5 Å². The zero-order chi connectivity index (χ0) is 18.8. The first-order chi connectivity index (χ1) is 11.7. The molecule has 1 aromatic rings. The molecule has 1 saturated heterocycles. The summed E-state index contributed by atoms with van der Waals surface area (Å²) < 4.78 is 43.9. The molecule has 0 saturated carbocycles. The van der Waals surface area contributed by atoms with E-state index in [1.165, 1.54) is 24.3 Å². The second kappa shape index (κ2) is 6.78. The number of esters is 1. The smallest absolute Gasteiger partial charge is 0.471 e. The van der Waals surface area contributed by atoms with Gasteiger partial charge in [0.2, 0.25) is 0 Å². The molecule has 0 unspecified atom stereocenters. The Balaban J connectivity index is 2.62. The minimum atomic E-state index is -5.12. The van der Waals surface area contributed by atoms with Crippen molar-refractivity contribution in [3.05, 3.63) is 42.5 Å². The molecule has 2 atom stereocenters. The third-order valence-corrected chi connectivity index (χ3v) is 4.43. The van der Waals surface area contributed by atoms with Crippen LogP contribution in [0.25, 0.3) is 0 Å². The van der Waals surface area contributed by atoms with Gasteiger partial charge < -0.3 is 14.7 Å². The van der Waals surface area contributed by atoms with Gasteiger partial charge in [0, 0.05) is 12.5 Å². The number of benzene rings is 1. The fraction of sp³-hybridized carbons (Fsp3) is 0.412. The quantitative estimate of drug-likeness (QED) is 0.665. The average Bonchev–Trinajstić information content (AvgIpc) is 2.98. The molecule has 1 aliphatic rings. The highest BCUT2D eigenvalue weighted by atomic mass is 19.4. The molecule has 136 valence electrons. The SMILES string of the molecule is C=C[C@H](c1cccc(O)c1)[C@]1(C(=O)OC)CCCN1C(=O)C(F)(F)F. The number of rotatable bonds is 4. The number of phenolic OH excluding ortho intramolecular Hbond substituents is 1. The Morgan fingerprint density at radius 2 is 2.12 bits per heavy atom. The number of ether oxygens (including phenoxy) is 1. The minimum Gasteiger partial charge on any atom is -0.508 e. The highest BCUT2D eigenvalue weighted by Gasteiger charge is 2.59. The van der Waals surface area contributed by atoms with Crippen LogP contribution in [0.1, 0.15) is 24.3 Å². The molecular weight excluding hydrogens is 339 g/mol. The van der Waals surface area contributed by atoms with Crippen molar-refractivity contribution in [2.75, 3.05) is 13.7 Å². The van der Waals surface area contributed by atoms with Gasteiger partial charge in [-0.1, -0.05) is 18.2 Å². The summed E-state index contributed by atoms with van der Waals surface area (Å²) in [5.41, 5.74) is -1.50. The van der Waals surface area contributed by atoms with Gasteiger partial charge in [-0.3, -0.25) is 4.79 Å². The predicted molar refractivity (Wildman–Crippen MR) is 82.8 cm³/mol. The number of hydrogen-bond donors (Lipinski definition) is 1. The number of aromatic hydroxyl groups is 1. The normalized spacial score (nSPS) is 21.7. The molecule has 0 radical (unpaired) electrons. The first-order valence-corrected chi connectivity index (χ1v) is 7.57. The van der Waals surface area contributed by atoms with E-state index in [9.17, 15) is 27.9 Å². The molecule has 5 nitrogen and oxygen atoms in total. The summed E-state index contributed by atoms with van der Waals surface area (Å²) in [5.74, 6) is -4.13. The van der Waals surface area contributed by atoms with Gasteiger partial charge in [0.05, 0.1) is 7.11 Å². The number of phenols is 1. The molecule has 1 aromatic carbocycles. The largest absolute Gasteiger partial charge is 0.508 e. The van der Waals surface area contributed by atoms with E-state index in [0.717, 1.165) is 7.11 Å². The van der Waals surface area contributed by atoms with Crippen LogP contribution in [0.2, 0.25) is 0 Å². The first-order valence-electron chi connectivity index (χ1n) is 7.57. The van der Waals surface area contributed by atoms with Crippen LogP contribution in [0.5, 0.6) is 5.75 Å². The van der Waals surface area contributed by atoms with Gasteiger partial charge in [-0.25, -0.2) is 4.79 Å². The fourth-order valence-electron chi connectivity index (χ4n) is 3.44. The zero-order valence-corrected chi connectivity index (χ0v) is 13.5. The molecule has 8 heteroatoms. The van der Waals surface area contributed by atoms with Crippen molar-refractivity contribution in [2.24, 2.45) is 0 Å². The van der Waals surface area contributed by atoms with Crippen LogP contribution in [0, 0.1) is 0 Å². The van der Waals surface area contributed by atoms with Gasteiger partial charge in [0.15, 0.2) is 5.54 Å². The molecule has 0 spiro atoms. The molecule has 1 amide bonds. The summed E-state index contributed by atoms with van der Waals surface area (Å²) in [6.45, 7) is 3.40. The Morgan fingerprint density at radius 3 is 2.64 bits per heavy atom. The Labute approximate surface area is 142 Å². The van der Waals surface area contributed by atoms with Gasteiger partial charge in [0.1, 0.15) is 5.75 Å². The molecule has 1 fully saturated rings. The predicted octanol–water partition coefficient (Wildman–Crippen LogP) is 2.76. The second-order valence-electron chi connectivity index (χ2n) is 5.78. The van der Waals surface area contributed by atoms with E-state index in [-0.39, 0.29) is 25.1 Å². The minimum absolute atomic E-state index is 0.00611. The maximum atomic E-state index is 13.0. The second-order valence-corrected chi connectivity index (χ2v) is 5.78. The number of hydrogen-bond acceptors (Lipinski definition) is 4. The molecule has 1 N–H and O–H groups in total. The summed E-state index contributed by atoms with van der Waals surface area (Å²) in [4.78, 5) is 25.0. The summed E-state index contributed by atoms with van der Waals surface area (Å²) in [5, 5.41) is 9.67. The van der Waals surface area contributed by atoms with Gasteiger partial charge in [-0.2, -0.15) is 13.2 Å². The molecule has 2 rings (SSSR count). The van der Waals surface area contributed by atoms with Crippen molar-refractivity contribution in [2.45, 2.75) is 30.5 Å². The summed E-state index contributed by atoms with van der Waals surface area (Å²) >= 11 is 0. The monoisotopic (exact) mass is 357 g/mol. The van der Waals surface area contributed by atoms with E-state index in [0.29, 0.717) is 10.5 Å². The van der Waals surface area contributed by atoms with E-state index in [1.54, 1.807) is 6.07 Å². The highest BCUT2D eigenvalue weighted by molar-refractivity contribution is 5.92. The van der Waals surface area contributed by atoms with Gasteiger partial charge in [0.25, 0.3) is 0 Å². The molecule has 0 aliphatic carbocycles. The number of likely N-dealkylation sites (tertiary alicyclic amines) is 1. The number of carbonyl (C=O) groups excluding carboxylic acids is 2. The Hall–Kier alpha value is -2.51. The van der Waals surface area contributed by atoms with Crippen molar-refractivity contribution in [1.82, 2.24) is 4.90 Å². The van der Waals surface area contributed by atoms with E-state index in [4.69, 9.17) is 4.74 Å². The van der Waals surface area contributed by atoms with E-state index >= 15 is 0 Å². The lowest BCUT2D eigenvalue weighted by atomic mass is 9.77. The maximum absolute atomic E-state index is 13.0. The molecule has 1 aliphatic heterocycles. The van der Waals surface area contributed by atoms with E-state index in [1.807, 2.05) is 0 Å². The van der Waals surface area contributed by atoms with Crippen LogP contribution in [-0.4, -0.2) is 47.3 Å². The fourth-order valence-corrected chi connectivity index (χ4v) is 3.44. The number of carbonyl (C=O) groups is 2. The van der Waals surface area contributed by atoms with Crippen molar-refractivity contribution in [3.8, 4) is 5.75 Å². The molecule has 1 heterocycles. The van der Waals surface area contributed by atoms with Crippen LogP contribution in [0.15, 0.2) is 36.9 Å². The van der Waals surface area contributed by atoms with Crippen LogP contribution in [-0.2, 0) is 14.3 Å². The molecule has 25 heavy (non-hydrogen) atoms. The third-order valence-electron chi connectivity index (χ3n) is 4.43. The summed E-state index contributed by atoms with van der Waals surface area (Å²) in [6, 6.07) is 5.76. The van der Waals surface area contributed by atoms with Crippen LogP contribution in [0.3, 0.4) is 0 Å². The van der Waals surface area contributed by atoms with Gasteiger partial charge in [-0.15, -0.1) is 6.58 Å². The third kappa shape index (κ3) is 3.20. The lowest BCUT2D eigenvalue weighted by molar-refractivity contribution is -0.193. The number of halogens is 3. The molecule has 0 bridgehead atoms. The van der Waals surface area contributed by atoms with Crippen molar-refractivity contribution in [3.63, 3.8) is 0 Å². The van der Waals surface area contributed by atoms with Crippen LogP contribution >= 0.6 is 0 Å². The van der Waals surface area contributed by atoms with E-state index in [2.05, 4.69) is 6.58 Å². The van der Waals surface area contributed by atoms with Crippen molar-refractivity contribution < 1.29 is 32.6 Å². The van der Waals surface area contributed by atoms with Gasteiger partial charge >= 0.3 is 18.1 Å². The number of nitrogens with zero attached hydrogens (tertiary/aromatic N) is 1. The van der Waals surface area contributed by atoms with Crippen LogP contribution < -0.4 is 0 Å². The molecular formula is C17H18F3NO4. The average molecular weight is 357 g/mol. The standard InChI is InChI=1S/C17H18F3NO4/c1-3-13(11-6-4-7-12(22)10-11)16(15(24)25-2)8-5-9-21(16)14(23)17(18,19)20/h3-4,6-7,10,13,22H,1,5,8-9H2,2H3/t13-,16+/m1/s1. The highest BCUT2D eigenvalue weighted by Crippen LogP contribution is 2.45. The Morgan fingerprint density at radius 1 is 1.44 bits per heavy atom.